The van der Waals surface area contributed by atoms with Crippen LogP contribution in [0.15, 0.2) is 127 Å². The van der Waals surface area contributed by atoms with E-state index < -0.39 is 0 Å². The number of thiophene rings is 2. The van der Waals surface area contributed by atoms with Crippen LogP contribution in [-0.2, 0) is 10.8 Å². The molecule has 1 aliphatic rings. The number of anilines is 3. The Morgan fingerprint density at radius 1 is 0.400 bits per heavy atom. The SMILES string of the molecule is CC1(C)c2ccc(N(c3ccccc3)c3ccc4sc5ccccc5c4c3)cc2-c2cc3sc4ccccc4c3cc2C1(C)C. The monoisotopic (exact) mass is 615 g/mol. The van der Waals surface area contributed by atoms with Crippen LogP contribution in [0.3, 0.4) is 0 Å². The zero-order valence-corrected chi connectivity index (χ0v) is 27.5. The molecule has 0 saturated heterocycles. The average Bonchev–Trinajstić information content (AvgIpc) is 3.62. The Kier molecular flexibility index (Phi) is 5.70. The second-order valence-corrected chi connectivity index (χ2v) is 15.6. The Morgan fingerprint density at radius 2 is 0.933 bits per heavy atom. The van der Waals surface area contributed by atoms with E-state index in [2.05, 4.69) is 160 Å². The molecule has 1 nitrogen and oxygen atoms in total. The van der Waals surface area contributed by atoms with Crippen LogP contribution in [0.25, 0.3) is 51.5 Å². The minimum Gasteiger partial charge on any atom is -0.310 e. The van der Waals surface area contributed by atoms with Crippen molar-refractivity contribution in [2.45, 2.75) is 38.5 Å². The Hall–Kier alpha value is -4.44. The Morgan fingerprint density at radius 3 is 1.67 bits per heavy atom. The van der Waals surface area contributed by atoms with Crippen molar-refractivity contribution in [1.29, 1.82) is 0 Å². The van der Waals surface area contributed by atoms with E-state index in [1.807, 2.05) is 22.7 Å². The zero-order chi connectivity index (χ0) is 30.5. The molecule has 9 rings (SSSR count). The molecule has 0 spiro atoms. The lowest BCUT2D eigenvalue weighted by Crippen LogP contribution is -2.43. The van der Waals surface area contributed by atoms with Gasteiger partial charge in [0.2, 0.25) is 0 Å². The molecule has 0 unspecified atom stereocenters. The molecule has 0 aliphatic heterocycles. The van der Waals surface area contributed by atoms with Crippen LogP contribution in [0.5, 0.6) is 0 Å². The molecule has 2 heterocycles. The summed E-state index contributed by atoms with van der Waals surface area (Å²) in [6.45, 7) is 9.71. The predicted octanol–water partition coefficient (Wildman–Crippen LogP) is 13.1. The quantitative estimate of drug-likeness (QED) is 0.191. The van der Waals surface area contributed by atoms with Crippen molar-refractivity contribution in [3.63, 3.8) is 0 Å². The van der Waals surface area contributed by atoms with Gasteiger partial charge in [-0.3, -0.25) is 0 Å². The highest BCUT2D eigenvalue weighted by Gasteiger charge is 2.46. The summed E-state index contributed by atoms with van der Waals surface area (Å²) >= 11 is 3.78. The molecule has 218 valence electrons. The number of nitrogens with zero attached hydrogens (tertiary/aromatic N) is 1. The summed E-state index contributed by atoms with van der Waals surface area (Å²) in [6, 6.07) is 47.5. The molecule has 2 aromatic heterocycles. The molecule has 0 amide bonds. The maximum atomic E-state index is 2.51. The van der Waals surface area contributed by atoms with E-state index in [1.165, 1.54) is 74.0 Å². The molecule has 45 heavy (non-hydrogen) atoms. The van der Waals surface area contributed by atoms with E-state index in [0.717, 1.165) is 5.69 Å². The van der Waals surface area contributed by atoms with Gasteiger partial charge in [0, 0.05) is 57.4 Å². The third-order valence-electron chi connectivity index (χ3n) is 10.6. The fraction of sp³-hybridized carbons (Fsp3) is 0.143. The number of para-hydroxylation sites is 1. The van der Waals surface area contributed by atoms with Gasteiger partial charge in [-0.1, -0.05) is 88.4 Å². The smallest absolute Gasteiger partial charge is 0.0468 e. The summed E-state index contributed by atoms with van der Waals surface area (Å²) in [6.07, 6.45) is 0. The van der Waals surface area contributed by atoms with Gasteiger partial charge in [0.25, 0.3) is 0 Å². The van der Waals surface area contributed by atoms with Crippen LogP contribution in [-0.4, -0.2) is 0 Å². The van der Waals surface area contributed by atoms with Gasteiger partial charge in [-0.25, -0.2) is 0 Å². The lowest BCUT2D eigenvalue weighted by atomic mass is 9.55. The summed E-state index contributed by atoms with van der Waals surface area (Å²) in [5, 5.41) is 5.37. The van der Waals surface area contributed by atoms with Crippen LogP contribution < -0.4 is 4.90 Å². The molecule has 0 saturated carbocycles. The molecule has 0 radical (unpaired) electrons. The lowest BCUT2D eigenvalue weighted by molar-refractivity contribution is 0.299. The summed E-state index contributed by atoms with van der Waals surface area (Å²) < 4.78 is 5.37. The van der Waals surface area contributed by atoms with E-state index in [0.29, 0.717) is 0 Å². The van der Waals surface area contributed by atoms with E-state index in [1.54, 1.807) is 0 Å². The third kappa shape index (κ3) is 3.84. The minimum absolute atomic E-state index is 0.0434. The first-order chi connectivity index (χ1) is 21.8. The van der Waals surface area contributed by atoms with Crippen molar-refractivity contribution in [1.82, 2.24) is 0 Å². The predicted molar refractivity (Wildman–Crippen MR) is 198 cm³/mol. The molecule has 0 fully saturated rings. The fourth-order valence-corrected chi connectivity index (χ4v) is 9.71. The molecular weight excluding hydrogens is 583 g/mol. The lowest BCUT2D eigenvalue weighted by Gasteiger charge is -2.48. The first-order valence-electron chi connectivity index (χ1n) is 15.7. The van der Waals surface area contributed by atoms with Crippen molar-refractivity contribution in [2.75, 3.05) is 4.90 Å². The number of hydrogen-bond donors (Lipinski definition) is 0. The molecule has 8 aromatic rings. The standard InChI is InChI=1S/C42H33NS2/c1-41(2)35-20-18-27(22-31(35)32-25-40-34(24-36(32)42(41,3)4)30-15-9-11-17-38(30)45-40)43(26-12-6-5-7-13-26)28-19-21-39-33(23-28)29-14-8-10-16-37(29)44-39/h5-25H,1-4H3. The van der Waals surface area contributed by atoms with Crippen molar-refractivity contribution in [3.05, 3.63) is 139 Å². The first kappa shape index (κ1) is 26.9. The summed E-state index contributed by atoms with van der Waals surface area (Å²) in [7, 11) is 0. The van der Waals surface area contributed by atoms with E-state index in [9.17, 15) is 0 Å². The maximum absolute atomic E-state index is 2.51. The fourth-order valence-electron chi connectivity index (χ4n) is 7.50. The van der Waals surface area contributed by atoms with Gasteiger partial charge in [0.05, 0.1) is 0 Å². The largest absolute Gasteiger partial charge is 0.310 e. The van der Waals surface area contributed by atoms with Crippen LogP contribution >= 0.6 is 22.7 Å². The van der Waals surface area contributed by atoms with Gasteiger partial charge in [-0.05, 0) is 99.8 Å². The van der Waals surface area contributed by atoms with Gasteiger partial charge in [-0.15, -0.1) is 22.7 Å². The van der Waals surface area contributed by atoms with Crippen molar-refractivity contribution >= 4 is 80.1 Å². The maximum Gasteiger partial charge on any atom is 0.0468 e. The number of benzene rings is 6. The van der Waals surface area contributed by atoms with Crippen molar-refractivity contribution in [3.8, 4) is 11.1 Å². The summed E-state index contributed by atoms with van der Waals surface area (Å²) in [5.41, 5.74) is 8.97. The topological polar surface area (TPSA) is 3.24 Å². The van der Waals surface area contributed by atoms with Crippen LogP contribution in [0.1, 0.15) is 38.8 Å². The van der Waals surface area contributed by atoms with Gasteiger partial charge in [0.1, 0.15) is 0 Å². The average molecular weight is 616 g/mol. The summed E-state index contributed by atoms with van der Waals surface area (Å²) in [4.78, 5) is 2.43. The highest BCUT2D eigenvalue weighted by Crippen LogP contribution is 2.56. The summed E-state index contributed by atoms with van der Waals surface area (Å²) in [5.74, 6) is 0. The number of rotatable bonds is 3. The molecule has 0 N–H and O–H groups in total. The van der Waals surface area contributed by atoms with E-state index in [-0.39, 0.29) is 10.8 Å². The Labute approximate surface area is 272 Å². The zero-order valence-electron chi connectivity index (χ0n) is 25.9. The molecule has 0 bridgehead atoms. The third-order valence-corrected chi connectivity index (χ3v) is 12.9. The first-order valence-corrected chi connectivity index (χ1v) is 17.3. The molecular formula is C42H33NS2. The Balaban J connectivity index is 1.30. The molecule has 6 aromatic carbocycles. The van der Waals surface area contributed by atoms with Gasteiger partial charge in [0.15, 0.2) is 0 Å². The van der Waals surface area contributed by atoms with Crippen LogP contribution in [0, 0.1) is 0 Å². The van der Waals surface area contributed by atoms with Gasteiger partial charge >= 0.3 is 0 Å². The molecule has 1 aliphatic carbocycles. The second kappa shape index (κ2) is 9.53. The highest BCUT2D eigenvalue weighted by atomic mass is 32.1. The van der Waals surface area contributed by atoms with Crippen molar-refractivity contribution < 1.29 is 0 Å². The van der Waals surface area contributed by atoms with E-state index >= 15 is 0 Å². The second-order valence-electron chi connectivity index (χ2n) is 13.4. The number of hydrogen-bond acceptors (Lipinski definition) is 3. The van der Waals surface area contributed by atoms with Crippen LogP contribution in [0.4, 0.5) is 17.1 Å². The number of fused-ring (bicyclic) bond motifs is 9. The molecule has 0 atom stereocenters. The van der Waals surface area contributed by atoms with Crippen molar-refractivity contribution in [2.24, 2.45) is 0 Å². The van der Waals surface area contributed by atoms with E-state index in [4.69, 9.17) is 0 Å². The van der Waals surface area contributed by atoms with Crippen LogP contribution in [0.2, 0.25) is 0 Å². The normalized spacial score (nSPS) is 15.0. The van der Waals surface area contributed by atoms with Gasteiger partial charge < -0.3 is 4.90 Å². The Bertz CT molecular complexity index is 2440. The highest BCUT2D eigenvalue weighted by molar-refractivity contribution is 7.26. The molecule has 3 heteroatoms. The minimum atomic E-state index is -0.0561. The van der Waals surface area contributed by atoms with Gasteiger partial charge in [-0.2, -0.15) is 0 Å².